The summed E-state index contributed by atoms with van der Waals surface area (Å²) in [6.45, 7) is 8.96. The van der Waals surface area contributed by atoms with Crippen LogP contribution < -0.4 is 5.32 Å². The number of aromatic amines is 2. The second-order valence-electron chi connectivity index (χ2n) is 14.4. The molecular formula is C40H46N6O6S2. The molecule has 6 heterocycles. The Morgan fingerprint density at radius 2 is 1.63 bits per heavy atom. The molecule has 0 radical (unpaired) electrons. The van der Waals surface area contributed by atoms with Crippen molar-refractivity contribution in [3.8, 4) is 34.8 Å². The number of nitrogens with one attached hydrogen (secondary N) is 3. The number of likely N-dealkylation sites (tertiary alicyclic amines) is 2. The molecule has 0 spiro atoms. The van der Waals surface area contributed by atoms with E-state index in [-0.39, 0.29) is 48.1 Å². The number of nitrogens with zero attached hydrogens (tertiary/aromatic N) is 3. The lowest BCUT2D eigenvalue weighted by Gasteiger charge is -2.30. The molecule has 2 saturated heterocycles. The summed E-state index contributed by atoms with van der Waals surface area (Å²) < 4.78 is 11.8. The van der Waals surface area contributed by atoms with Crippen molar-refractivity contribution in [2.45, 2.75) is 77.9 Å². The minimum Gasteiger partial charge on any atom is -0.469 e. The summed E-state index contributed by atoms with van der Waals surface area (Å²) in [6, 6.07) is 1.15. The van der Waals surface area contributed by atoms with E-state index in [0.29, 0.717) is 24.6 Å². The van der Waals surface area contributed by atoms with Crippen LogP contribution in [-0.4, -0.2) is 82.0 Å². The molecule has 2 aliphatic heterocycles. The predicted molar refractivity (Wildman–Crippen MR) is 208 cm³/mol. The molecule has 3 N–H and O–H groups in total. The number of rotatable bonds is 10. The predicted octanol–water partition coefficient (Wildman–Crippen LogP) is 6.63. The summed E-state index contributed by atoms with van der Waals surface area (Å²) in [4.78, 5) is 66.0. The standard InChI is InChI=1S/C40H46N6O6S2/c1-23(2)28(18-33(47)51-5)38(48)46-16-10-14-32(46)37-42-20-27(43-37)12-8-7-11-25-21-53-36-29(22-54-35(25)36)26-17-30(41-19-26)31-13-9-15-45(31)39(49)34(24(3)4)44-40(50)52-6/h17,19-24,28,31-32,34,41H,9-10,13-16,18H2,1-6H3,(H,42,43)(H,44,50)/t28-,31-,32-,34-/m0/s1. The molecule has 4 atom stereocenters. The molecular weight excluding hydrogens is 725 g/mol. The number of aromatic nitrogens is 3. The third-order valence-electron chi connectivity index (χ3n) is 10.2. The molecule has 0 aromatic carbocycles. The van der Waals surface area contributed by atoms with Crippen molar-refractivity contribution in [2.24, 2.45) is 17.8 Å². The average molecular weight is 771 g/mol. The van der Waals surface area contributed by atoms with E-state index in [2.05, 4.69) is 60.8 Å². The lowest BCUT2D eigenvalue weighted by molar-refractivity contribution is -0.148. The smallest absolute Gasteiger partial charge is 0.407 e. The molecule has 0 saturated carbocycles. The summed E-state index contributed by atoms with van der Waals surface area (Å²) in [7, 11) is 2.64. The number of hydrogen-bond acceptors (Lipinski definition) is 9. The molecule has 0 aliphatic carbocycles. The second-order valence-corrected chi connectivity index (χ2v) is 16.1. The maximum Gasteiger partial charge on any atom is 0.407 e. The molecule has 14 heteroatoms. The summed E-state index contributed by atoms with van der Waals surface area (Å²) >= 11 is 3.28. The van der Waals surface area contributed by atoms with Gasteiger partial charge in [0.05, 0.1) is 59.8 Å². The number of thiophene rings is 2. The Morgan fingerprint density at radius 1 is 0.926 bits per heavy atom. The molecule has 3 amide bonds. The van der Waals surface area contributed by atoms with Crippen molar-refractivity contribution in [1.29, 1.82) is 0 Å². The van der Waals surface area contributed by atoms with Crippen LogP contribution >= 0.6 is 22.7 Å². The molecule has 2 aliphatic rings. The van der Waals surface area contributed by atoms with Crippen molar-refractivity contribution in [1.82, 2.24) is 30.1 Å². The second kappa shape index (κ2) is 17.0. The number of H-pyrrole nitrogens is 2. The molecule has 6 rings (SSSR count). The molecule has 12 nitrogen and oxygen atoms in total. The van der Waals surface area contributed by atoms with Crippen LogP contribution in [0.2, 0.25) is 0 Å². The van der Waals surface area contributed by atoms with Crippen LogP contribution in [0.15, 0.2) is 29.2 Å². The average Bonchev–Trinajstić information content (AvgIpc) is 4.00. The number of carbonyl (C=O) groups is 4. The van der Waals surface area contributed by atoms with Crippen LogP contribution in [0.1, 0.15) is 94.7 Å². The van der Waals surface area contributed by atoms with E-state index in [0.717, 1.165) is 57.5 Å². The number of carbonyl (C=O) groups excluding carboxylic acids is 4. The first-order chi connectivity index (χ1) is 26.0. The van der Waals surface area contributed by atoms with Crippen LogP contribution in [0, 0.1) is 41.4 Å². The maximum absolute atomic E-state index is 13.6. The van der Waals surface area contributed by atoms with E-state index < -0.39 is 18.1 Å². The first kappa shape index (κ1) is 38.7. The molecule has 54 heavy (non-hydrogen) atoms. The zero-order chi connectivity index (χ0) is 38.5. The number of fused-ring (bicyclic) bond motifs is 1. The zero-order valence-corrected chi connectivity index (χ0v) is 33.0. The quantitative estimate of drug-likeness (QED) is 0.121. The molecule has 4 aromatic rings. The fourth-order valence-electron chi connectivity index (χ4n) is 7.26. The topological polar surface area (TPSA) is 150 Å². The molecule has 2 fully saturated rings. The highest BCUT2D eigenvalue weighted by atomic mass is 32.1. The van der Waals surface area contributed by atoms with E-state index in [1.807, 2.05) is 43.7 Å². The highest BCUT2D eigenvalue weighted by Crippen LogP contribution is 2.42. The minimum absolute atomic E-state index is 0.00402. The van der Waals surface area contributed by atoms with E-state index >= 15 is 0 Å². The first-order valence-corrected chi connectivity index (χ1v) is 20.0. The van der Waals surface area contributed by atoms with Gasteiger partial charge in [-0.2, -0.15) is 0 Å². The lowest BCUT2D eigenvalue weighted by atomic mass is 9.91. The van der Waals surface area contributed by atoms with Gasteiger partial charge >= 0.3 is 12.1 Å². The summed E-state index contributed by atoms with van der Waals surface area (Å²) in [6.07, 6.45) is 6.46. The normalized spacial score (nSPS) is 17.9. The molecule has 284 valence electrons. The highest BCUT2D eigenvalue weighted by molar-refractivity contribution is 7.27. The van der Waals surface area contributed by atoms with Gasteiger partial charge in [0.25, 0.3) is 0 Å². The maximum atomic E-state index is 13.6. The van der Waals surface area contributed by atoms with Crippen LogP contribution in [0.5, 0.6) is 0 Å². The number of imidazole rings is 1. The fourth-order valence-corrected chi connectivity index (χ4v) is 9.58. The van der Waals surface area contributed by atoms with Crippen LogP contribution in [0.4, 0.5) is 4.79 Å². The van der Waals surface area contributed by atoms with E-state index in [1.54, 1.807) is 28.9 Å². The van der Waals surface area contributed by atoms with Crippen LogP contribution in [-0.2, 0) is 23.9 Å². The summed E-state index contributed by atoms with van der Waals surface area (Å²) in [5.74, 6) is 11.8. The van der Waals surface area contributed by atoms with Crippen molar-refractivity contribution in [2.75, 3.05) is 27.3 Å². The third-order valence-corrected chi connectivity index (χ3v) is 12.4. The lowest BCUT2D eigenvalue weighted by Crippen LogP contribution is -2.51. The molecule has 4 aromatic heterocycles. The zero-order valence-electron chi connectivity index (χ0n) is 31.4. The van der Waals surface area contributed by atoms with Gasteiger partial charge in [0, 0.05) is 46.9 Å². The number of ether oxygens (including phenoxy) is 2. The van der Waals surface area contributed by atoms with Gasteiger partial charge in [0.1, 0.15) is 17.6 Å². The van der Waals surface area contributed by atoms with E-state index in [4.69, 9.17) is 9.47 Å². The van der Waals surface area contributed by atoms with Gasteiger partial charge in [0.15, 0.2) is 0 Å². The highest BCUT2D eigenvalue weighted by Gasteiger charge is 2.38. The van der Waals surface area contributed by atoms with E-state index in [9.17, 15) is 19.2 Å². The number of methoxy groups -OCH3 is 2. The Hall–Kier alpha value is -5.05. The Bertz CT molecular complexity index is 2140. The van der Waals surface area contributed by atoms with Crippen molar-refractivity contribution in [3.63, 3.8) is 0 Å². The SMILES string of the molecule is COC(=O)C[C@H](C(=O)N1CCC[C@H]1c1ncc(C#CC#Cc2csc3c(-c4c[nH]c([C@@H]5CCCN5C(=O)[C@@H](NC(=O)OC)C(C)C)c4)csc23)[nH]1)C(C)C. The first-order valence-electron chi connectivity index (χ1n) is 18.3. The third kappa shape index (κ3) is 8.20. The largest absolute Gasteiger partial charge is 0.469 e. The van der Waals surface area contributed by atoms with Gasteiger partial charge in [-0.15, -0.1) is 22.7 Å². The van der Waals surface area contributed by atoms with Crippen molar-refractivity contribution < 1.29 is 28.7 Å². The summed E-state index contributed by atoms with van der Waals surface area (Å²) in [5, 5.41) is 6.90. The van der Waals surface area contributed by atoms with Crippen molar-refractivity contribution >= 4 is 56.0 Å². The number of amides is 3. The molecule has 0 unspecified atom stereocenters. The van der Waals surface area contributed by atoms with E-state index in [1.165, 1.54) is 14.2 Å². The Balaban J connectivity index is 1.12. The van der Waals surface area contributed by atoms with Crippen LogP contribution in [0.25, 0.3) is 20.5 Å². The molecule has 0 bridgehead atoms. The number of hydrogen-bond donors (Lipinski definition) is 3. The van der Waals surface area contributed by atoms with Crippen LogP contribution in [0.3, 0.4) is 0 Å². The summed E-state index contributed by atoms with van der Waals surface area (Å²) in [5.41, 5.74) is 4.66. The van der Waals surface area contributed by atoms with Gasteiger partial charge in [-0.25, -0.2) is 9.78 Å². The number of alkyl carbamates (subject to hydrolysis) is 1. The van der Waals surface area contributed by atoms with Gasteiger partial charge in [-0.1, -0.05) is 33.6 Å². The fraction of sp³-hybridized carbons (Fsp3) is 0.475. The Labute approximate surface area is 323 Å². The number of esters is 1. The van der Waals surface area contributed by atoms with Gasteiger partial charge in [-0.3, -0.25) is 14.4 Å². The Kier molecular flexibility index (Phi) is 12.1. The Morgan fingerprint density at radius 3 is 2.33 bits per heavy atom. The van der Waals surface area contributed by atoms with Gasteiger partial charge < -0.3 is 34.6 Å². The minimum atomic E-state index is -0.666. The van der Waals surface area contributed by atoms with Gasteiger partial charge in [-0.05, 0) is 61.3 Å². The monoisotopic (exact) mass is 770 g/mol. The van der Waals surface area contributed by atoms with Gasteiger partial charge in [0.2, 0.25) is 11.8 Å². The van der Waals surface area contributed by atoms with Crippen molar-refractivity contribution in [3.05, 3.63) is 52.0 Å².